The highest BCUT2D eigenvalue weighted by Gasteiger charge is 2.32. The van der Waals surface area contributed by atoms with Crippen LogP contribution in [-0.4, -0.2) is 60.7 Å². The third-order valence-corrected chi connectivity index (χ3v) is 8.55. The Hall–Kier alpha value is -2.30. The Morgan fingerprint density at radius 1 is 1.10 bits per heavy atom. The standard InChI is InChI=1S/C19H22N4O4S2/c1-13(2)17-11-16-15(5-6-20-19(16)22-17)14-3-4-18(21-12-14)29(26,27)23-7-9-28(24,25)10-8-23/h3-6,11-13H,7-10H2,1-2H3,(H,20,22). The number of aromatic nitrogens is 3. The quantitative estimate of drug-likeness (QED) is 0.673. The van der Waals surface area contributed by atoms with Gasteiger partial charge < -0.3 is 4.98 Å². The van der Waals surface area contributed by atoms with Gasteiger partial charge in [-0.1, -0.05) is 13.8 Å². The molecule has 3 aromatic heterocycles. The van der Waals surface area contributed by atoms with Gasteiger partial charge in [0.05, 0.1) is 11.5 Å². The average molecular weight is 435 g/mol. The van der Waals surface area contributed by atoms with E-state index in [2.05, 4.69) is 34.9 Å². The lowest BCUT2D eigenvalue weighted by atomic mass is 10.0. The summed E-state index contributed by atoms with van der Waals surface area (Å²) in [4.78, 5) is 11.9. The van der Waals surface area contributed by atoms with Crippen molar-refractivity contribution in [2.45, 2.75) is 24.8 Å². The highest BCUT2D eigenvalue weighted by atomic mass is 32.2. The number of fused-ring (bicyclic) bond motifs is 1. The monoisotopic (exact) mass is 434 g/mol. The molecule has 0 spiro atoms. The molecule has 10 heteroatoms. The van der Waals surface area contributed by atoms with Crippen LogP contribution < -0.4 is 0 Å². The zero-order valence-electron chi connectivity index (χ0n) is 16.2. The number of aromatic amines is 1. The summed E-state index contributed by atoms with van der Waals surface area (Å²) in [6.45, 7) is 4.11. The van der Waals surface area contributed by atoms with Crippen molar-refractivity contribution in [1.29, 1.82) is 0 Å². The Balaban J connectivity index is 1.66. The maximum absolute atomic E-state index is 12.8. The van der Waals surface area contributed by atoms with Crippen LogP contribution in [0.4, 0.5) is 0 Å². The van der Waals surface area contributed by atoms with Crippen LogP contribution in [0.2, 0.25) is 0 Å². The average Bonchev–Trinajstić information content (AvgIpc) is 3.12. The van der Waals surface area contributed by atoms with E-state index in [9.17, 15) is 16.8 Å². The molecule has 1 aliphatic heterocycles. The predicted octanol–water partition coefficient (Wildman–Crippen LogP) is 2.17. The van der Waals surface area contributed by atoms with E-state index in [-0.39, 0.29) is 29.6 Å². The topological polar surface area (TPSA) is 113 Å². The summed E-state index contributed by atoms with van der Waals surface area (Å²) in [7, 11) is -6.98. The lowest BCUT2D eigenvalue weighted by Gasteiger charge is -2.25. The van der Waals surface area contributed by atoms with Crippen molar-refractivity contribution in [3.63, 3.8) is 0 Å². The predicted molar refractivity (Wildman–Crippen MR) is 111 cm³/mol. The molecule has 4 heterocycles. The van der Waals surface area contributed by atoms with E-state index in [1.165, 1.54) is 16.6 Å². The summed E-state index contributed by atoms with van der Waals surface area (Å²) < 4.78 is 49.9. The van der Waals surface area contributed by atoms with Gasteiger partial charge >= 0.3 is 0 Å². The molecule has 154 valence electrons. The normalized spacial score (nSPS) is 17.8. The molecule has 0 saturated carbocycles. The van der Waals surface area contributed by atoms with Crippen LogP contribution in [0.1, 0.15) is 25.5 Å². The van der Waals surface area contributed by atoms with Crippen LogP contribution >= 0.6 is 0 Å². The maximum atomic E-state index is 12.8. The minimum atomic E-state index is -3.82. The van der Waals surface area contributed by atoms with Crippen LogP contribution in [-0.2, 0) is 19.9 Å². The molecule has 0 bridgehead atoms. The number of H-pyrrole nitrogens is 1. The number of hydrogen-bond acceptors (Lipinski definition) is 6. The van der Waals surface area contributed by atoms with E-state index in [0.717, 1.165) is 27.9 Å². The van der Waals surface area contributed by atoms with Gasteiger partial charge in [0.2, 0.25) is 0 Å². The fraction of sp³-hybridized carbons (Fsp3) is 0.368. The molecule has 4 rings (SSSR count). The molecular formula is C19H22N4O4S2. The molecule has 0 unspecified atom stereocenters. The lowest BCUT2D eigenvalue weighted by molar-refractivity contribution is 0.428. The summed E-state index contributed by atoms with van der Waals surface area (Å²) in [6, 6.07) is 7.12. The van der Waals surface area contributed by atoms with E-state index >= 15 is 0 Å². The van der Waals surface area contributed by atoms with E-state index in [4.69, 9.17) is 0 Å². The van der Waals surface area contributed by atoms with Gasteiger partial charge in [0.15, 0.2) is 14.9 Å². The van der Waals surface area contributed by atoms with Crippen LogP contribution in [0.25, 0.3) is 22.2 Å². The number of nitrogens with one attached hydrogen (secondary N) is 1. The zero-order chi connectivity index (χ0) is 20.8. The molecule has 0 atom stereocenters. The molecule has 0 radical (unpaired) electrons. The summed E-state index contributed by atoms with van der Waals surface area (Å²) in [5, 5.41) is 0.873. The second kappa shape index (κ2) is 7.19. The zero-order valence-corrected chi connectivity index (χ0v) is 17.8. The Bertz CT molecular complexity index is 1250. The molecule has 8 nitrogen and oxygen atoms in total. The molecular weight excluding hydrogens is 412 g/mol. The molecule has 0 aromatic carbocycles. The molecule has 1 fully saturated rings. The van der Waals surface area contributed by atoms with Crippen LogP contribution in [0.5, 0.6) is 0 Å². The number of sulfone groups is 1. The summed E-state index contributed by atoms with van der Waals surface area (Å²) in [5.74, 6) is 0.00623. The van der Waals surface area contributed by atoms with Crippen molar-refractivity contribution >= 4 is 30.9 Å². The van der Waals surface area contributed by atoms with Gasteiger partial charge in [0.25, 0.3) is 10.0 Å². The third-order valence-electron chi connectivity index (χ3n) is 5.13. The van der Waals surface area contributed by atoms with Crippen molar-refractivity contribution in [2.24, 2.45) is 0 Å². The SMILES string of the molecule is CC(C)c1cc2c(-c3ccc(S(=O)(=O)N4CCS(=O)(=O)CC4)nc3)ccnc2[nH]1. The Morgan fingerprint density at radius 3 is 2.45 bits per heavy atom. The van der Waals surface area contributed by atoms with E-state index in [0.29, 0.717) is 5.92 Å². The molecule has 0 aliphatic carbocycles. The van der Waals surface area contributed by atoms with Crippen molar-refractivity contribution in [1.82, 2.24) is 19.3 Å². The van der Waals surface area contributed by atoms with Crippen molar-refractivity contribution in [2.75, 3.05) is 24.6 Å². The van der Waals surface area contributed by atoms with Crippen LogP contribution in [0.3, 0.4) is 0 Å². The highest BCUT2D eigenvalue weighted by molar-refractivity contribution is 7.92. The first-order valence-electron chi connectivity index (χ1n) is 9.32. The highest BCUT2D eigenvalue weighted by Crippen LogP contribution is 2.30. The van der Waals surface area contributed by atoms with E-state index < -0.39 is 19.9 Å². The number of hydrogen-bond donors (Lipinski definition) is 1. The van der Waals surface area contributed by atoms with Crippen molar-refractivity contribution in [3.05, 3.63) is 42.4 Å². The first kappa shape index (κ1) is 20.0. The molecule has 1 N–H and O–H groups in total. The lowest BCUT2D eigenvalue weighted by Crippen LogP contribution is -2.43. The fourth-order valence-electron chi connectivity index (χ4n) is 3.37. The number of pyridine rings is 2. The Labute approximate surface area is 170 Å². The van der Waals surface area contributed by atoms with Gasteiger partial charge in [-0.2, -0.15) is 4.31 Å². The third kappa shape index (κ3) is 3.79. The number of sulfonamides is 1. The van der Waals surface area contributed by atoms with Crippen molar-refractivity contribution < 1.29 is 16.8 Å². The van der Waals surface area contributed by atoms with Gasteiger partial charge in [0.1, 0.15) is 5.65 Å². The summed E-state index contributed by atoms with van der Waals surface area (Å²) in [5.41, 5.74) is 3.55. The second-order valence-electron chi connectivity index (χ2n) is 7.44. The Morgan fingerprint density at radius 2 is 1.83 bits per heavy atom. The van der Waals surface area contributed by atoms with Gasteiger partial charge in [-0.25, -0.2) is 26.8 Å². The smallest absolute Gasteiger partial charge is 0.260 e. The summed E-state index contributed by atoms with van der Waals surface area (Å²) >= 11 is 0. The second-order valence-corrected chi connectivity index (χ2v) is 11.6. The van der Waals surface area contributed by atoms with Crippen LogP contribution in [0, 0.1) is 0 Å². The molecule has 1 saturated heterocycles. The largest absolute Gasteiger partial charge is 0.343 e. The van der Waals surface area contributed by atoms with E-state index in [1.807, 2.05) is 6.07 Å². The van der Waals surface area contributed by atoms with Gasteiger partial charge in [-0.3, -0.25) is 0 Å². The van der Waals surface area contributed by atoms with Crippen molar-refractivity contribution in [3.8, 4) is 11.1 Å². The van der Waals surface area contributed by atoms with E-state index in [1.54, 1.807) is 12.3 Å². The first-order chi connectivity index (χ1) is 13.7. The minimum absolute atomic E-state index is 0.0413. The van der Waals surface area contributed by atoms with Gasteiger partial charge in [-0.05, 0) is 35.7 Å². The fourth-order valence-corrected chi connectivity index (χ4v) is 6.16. The molecule has 29 heavy (non-hydrogen) atoms. The summed E-state index contributed by atoms with van der Waals surface area (Å²) in [6.07, 6.45) is 3.24. The molecule has 0 amide bonds. The minimum Gasteiger partial charge on any atom is -0.343 e. The van der Waals surface area contributed by atoms with Gasteiger partial charge in [-0.15, -0.1) is 0 Å². The Kier molecular flexibility index (Phi) is 4.96. The molecule has 3 aromatic rings. The first-order valence-corrected chi connectivity index (χ1v) is 12.6. The van der Waals surface area contributed by atoms with Gasteiger partial charge in [0, 0.05) is 42.1 Å². The number of rotatable bonds is 4. The molecule has 1 aliphatic rings. The maximum Gasteiger partial charge on any atom is 0.260 e. The van der Waals surface area contributed by atoms with Crippen LogP contribution in [0.15, 0.2) is 41.7 Å². The number of nitrogens with zero attached hydrogens (tertiary/aromatic N) is 3.